The number of amides is 2. The van der Waals surface area contributed by atoms with E-state index in [4.69, 9.17) is 0 Å². The Hall–Kier alpha value is -3.16. The van der Waals surface area contributed by atoms with Gasteiger partial charge >= 0.3 is 0 Å². The predicted molar refractivity (Wildman–Crippen MR) is 85.7 cm³/mol. The molecule has 0 aliphatic carbocycles. The zero-order valence-corrected chi connectivity index (χ0v) is 12.9. The molecule has 0 spiro atoms. The highest BCUT2D eigenvalue weighted by Gasteiger charge is 2.07. The molecule has 2 aromatic heterocycles. The van der Waals surface area contributed by atoms with Crippen molar-refractivity contribution in [2.24, 2.45) is 0 Å². The van der Waals surface area contributed by atoms with E-state index < -0.39 is 0 Å². The van der Waals surface area contributed by atoms with Crippen LogP contribution in [-0.2, 0) is 0 Å². The van der Waals surface area contributed by atoms with Gasteiger partial charge in [0.1, 0.15) is 11.5 Å². The average molecular weight is 330 g/mol. The van der Waals surface area contributed by atoms with Crippen LogP contribution in [0.15, 0.2) is 36.9 Å². The third-order valence-electron chi connectivity index (χ3n) is 3.15. The number of carbonyl (C=O) groups excluding carboxylic acids is 2. The summed E-state index contributed by atoms with van der Waals surface area (Å²) in [6.45, 7) is 0.885. The maximum absolute atomic E-state index is 11.8. The Bertz CT molecular complexity index is 659. The molecule has 2 amide bonds. The molecule has 0 aliphatic rings. The molecular formula is C16H18N4O4. The SMILES string of the molecule is O=C(NCCCCNC(=O)c1cncc(O)c1)c1cncc(O)c1. The zero-order valence-electron chi connectivity index (χ0n) is 12.9. The molecule has 0 saturated heterocycles. The summed E-state index contributed by atoms with van der Waals surface area (Å²) in [6.07, 6.45) is 6.60. The van der Waals surface area contributed by atoms with Crippen LogP contribution in [-0.4, -0.2) is 45.1 Å². The van der Waals surface area contributed by atoms with Crippen molar-refractivity contribution in [3.63, 3.8) is 0 Å². The quantitative estimate of drug-likeness (QED) is 0.557. The Morgan fingerprint density at radius 3 is 1.58 bits per heavy atom. The van der Waals surface area contributed by atoms with Gasteiger partial charge in [0.05, 0.1) is 23.5 Å². The van der Waals surface area contributed by atoms with Gasteiger partial charge in [-0.05, 0) is 25.0 Å². The number of rotatable bonds is 7. The molecule has 2 heterocycles. The van der Waals surface area contributed by atoms with Crippen molar-refractivity contribution in [1.82, 2.24) is 20.6 Å². The number of nitrogens with one attached hydrogen (secondary N) is 2. The van der Waals surface area contributed by atoms with Gasteiger partial charge in [-0.3, -0.25) is 19.6 Å². The summed E-state index contributed by atoms with van der Waals surface area (Å²) >= 11 is 0. The van der Waals surface area contributed by atoms with E-state index in [0.717, 1.165) is 0 Å². The predicted octanol–water partition coefficient (Wildman–Crippen LogP) is 0.828. The van der Waals surface area contributed by atoms with Gasteiger partial charge in [-0.15, -0.1) is 0 Å². The highest BCUT2D eigenvalue weighted by Crippen LogP contribution is 2.09. The molecule has 0 bridgehead atoms. The van der Waals surface area contributed by atoms with Crippen molar-refractivity contribution >= 4 is 11.8 Å². The second-order valence-electron chi connectivity index (χ2n) is 5.08. The van der Waals surface area contributed by atoms with E-state index in [0.29, 0.717) is 37.1 Å². The van der Waals surface area contributed by atoms with Crippen LogP contribution in [0.1, 0.15) is 33.6 Å². The summed E-state index contributed by atoms with van der Waals surface area (Å²) in [6, 6.07) is 2.68. The molecule has 8 nitrogen and oxygen atoms in total. The first-order chi connectivity index (χ1) is 11.6. The first-order valence-corrected chi connectivity index (χ1v) is 7.40. The van der Waals surface area contributed by atoms with E-state index >= 15 is 0 Å². The lowest BCUT2D eigenvalue weighted by Crippen LogP contribution is -2.27. The second-order valence-corrected chi connectivity index (χ2v) is 5.08. The summed E-state index contributed by atoms with van der Waals surface area (Å²) < 4.78 is 0. The van der Waals surface area contributed by atoms with Crippen molar-refractivity contribution in [3.8, 4) is 11.5 Å². The second kappa shape index (κ2) is 8.47. The molecular weight excluding hydrogens is 312 g/mol. The minimum atomic E-state index is -0.312. The Labute approximate surface area is 138 Å². The van der Waals surface area contributed by atoms with Crippen LogP contribution in [0.4, 0.5) is 0 Å². The first-order valence-electron chi connectivity index (χ1n) is 7.40. The number of pyridine rings is 2. The zero-order chi connectivity index (χ0) is 17.4. The van der Waals surface area contributed by atoms with Crippen molar-refractivity contribution in [2.45, 2.75) is 12.8 Å². The summed E-state index contributed by atoms with van der Waals surface area (Å²) in [4.78, 5) is 31.1. The fourth-order valence-electron chi connectivity index (χ4n) is 1.96. The minimum absolute atomic E-state index is 0.0631. The maximum Gasteiger partial charge on any atom is 0.252 e. The Balaban J connectivity index is 1.63. The smallest absolute Gasteiger partial charge is 0.252 e. The molecule has 0 aromatic carbocycles. The number of aromatic nitrogens is 2. The van der Waals surface area contributed by atoms with Crippen molar-refractivity contribution in [3.05, 3.63) is 48.0 Å². The number of aromatic hydroxyl groups is 2. The van der Waals surface area contributed by atoms with Gasteiger partial charge < -0.3 is 20.8 Å². The van der Waals surface area contributed by atoms with Gasteiger partial charge in [-0.25, -0.2) is 0 Å². The van der Waals surface area contributed by atoms with Crippen LogP contribution in [0.2, 0.25) is 0 Å². The maximum atomic E-state index is 11.8. The van der Waals surface area contributed by atoms with Crippen molar-refractivity contribution < 1.29 is 19.8 Å². The van der Waals surface area contributed by atoms with Crippen LogP contribution in [0.5, 0.6) is 11.5 Å². The summed E-state index contributed by atoms with van der Waals surface area (Å²) in [5.41, 5.74) is 0.583. The minimum Gasteiger partial charge on any atom is -0.506 e. The molecule has 24 heavy (non-hydrogen) atoms. The Morgan fingerprint density at radius 2 is 1.21 bits per heavy atom. The lowest BCUT2D eigenvalue weighted by Gasteiger charge is -2.07. The third kappa shape index (κ3) is 5.24. The normalized spacial score (nSPS) is 10.2. The number of carbonyl (C=O) groups is 2. The van der Waals surface area contributed by atoms with Gasteiger partial charge in [-0.2, -0.15) is 0 Å². The van der Waals surface area contributed by atoms with Crippen LogP contribution < -0.4 is 10.6 Å². The molecule has 4 N–H and O–H groups in total. The van der Waals surface area contributed by atoms with Crippen LogP contribution >= 0.6 is 0 Å². The van der Waals surface area contributed by atoms with E-state index in [-0.39, 0.29) is 23.3 Å². The molecule has 8 heteroatoms. The molecule has 0 fully saturated rings. The van der Waals surface area contributed by atoms with Crippen LogP contribution in [0, 0.1) is 0 Å². The average Bonchev–Trinajstić information content (AvgIpc) is 2.57. The Kier molecular flexibility index (Phi) is 6.07. The highest BCUT2D eigenvalue weighted by molar-refractivity contribution is 5.94. The van der Waals surface area contributed by atoms with E-state index in [1.54, 1.807) is 0 Å². The Morgan fingerprint density at radius 1 is 0.792 bits per heavy atom. The van der Waals surface area contributed by atoms with E-state index in [1.807, 2.05) is 0 Å². The molecule has 0 radical (unpaired) electrons. The van der Waals surface area contributed by atoms with Gasteiger partial charge in [0, 0.05) is 25.5 Å². The van der Waals surface area contributed by atoms with Gasteiger partial charge in [0.15, 0.2) is 0 Å². The van der Waals surface area contributed by atoms with E-state index in [1.165, 1.54) is 36.9 Å². The fraction of sp³-hybridized carbons (Fsp3) is 0.250. The lowest BCUT2D eigenvalue weighted by atomic mass is 10.2. The summed E-state index contributed by atoms with van der Waals surface area (Å²) in [5.74, 6) is -0.750. The summed E-state index contributed by atoms with van der Waals surface area (Å²) in [5, 5.41) is 23.9. The highest BCUT2D eigenvalue weighted by atomic mass is 16.3. The number of hydrogen-bond donors (Lipinski definition) is 4. The first kappa shape index (κ1) is 17.2. The fourth-order valence-corrected chi connectivity index (χ4v) is 1.96. The molecule has 0 atom stereocenters. The number of hydrogen-bond acceptors (Lipinski definition) is 6. The van der Waals surface area contributed by atoms with Crippen molar-refractivity contribution in [2.75, 3.05) is 13.1 Å². The monoisotopic (exact) mass is 330 g/mol. The number of nitrogens with zero attached hydrogens (tertiary/aromatic N) is 2. The summed E-state index contributed by atoms with van der Waals surface area (Å²) in [7, 11) is 0. The van der Waals surface area contributed by atoms with Gasteiger partial charge in [-0.1, -0.05) is 0 Å². The van der Waals surface area contributed by atoms with Crippen LogP contribution in [0.3, 0.4) is 0 Å². The third-order valence-corrected chi connectivity index (χ3v) is 3.15. The van der Waals surface area contributed by atoms with E-state index in [9.17, 15) is 19.8 Å². The van der Waals surface area contributed by atoms with Crippen LogP contribution in [0.25, 0.3) is 0 Å². The van der Waals surface area contributed by atoms with Crippen molar-refractivity contribution in [1.29, 1.82) is 0 Å². The van der Waals surface area contributed by atoms with E-state index in [2.05, 4.69) is 20.6 Å². The largest absolute Gasteiger partial charge is 0.506 e. The topological polar surface area (TPSA) is 124 Å². The molecule has 2 rings (SSSR count). The van der Waals surface area contributed by atoms with Gasteiger partial charge in [0.25, 0.3) is 11.8 Å². The molecule has 0 saturated carbocycles. The molecule has 0 unspecified atom stereocenters. The number of unbranched alkanes of at least 4 members (excludes halogenated alkanes) is 1. The molecule has 2 aromatic rings. The lowest BCUT2D eigenvalue weighted by molar-refractivity contribution is 0.0939. The molecule has 0 aliphatic heterocycles. The molecule has 126 valence electrons. The van der Waals surface area contributed by atoms with Gasteiger partial charge in [0.2, 0.25) is 0 Å². The standard InChI is InChI=1S/C16H18N4O4/c21-13-5-11(7-17-9-13)15(23)19-3-1-2-4-20-16(24)12-6-14(22)10-18-8-12/h5-10,21-22H,1-4H2,(H,19,23)(H,20,24).